The number of nitrogens with zero attached hydrogens (tertiary/aromatic N) is 2. The fourth-order valence-electron chi connectivity index (χ4n) is 4.10. The number of pyridine rings is 1. The van der Waals surface area contributed by atoms with Gasteiger partial charge in [0.25, 0.3) is 5.91 Å². The van der Waals surface area contributed by atoms with E-state index in [1.807, 2.05) is 50.5 Å². The Labute approximate surface area is 199 Å². The first-order valence-corrected chi connectivity index (χ1v) is 11.5. The lowest BCUT2D eigenvalue weighted by atomic mass is 10.0. The molecule has 0 fully saturated rings. The normalized spacial score (nSPS) is 16.5. The van der Waals surface area contributed by atoms with E-state index in [0.29, 0.717) is 29.4 Å². The maximum Gasteiger partial charge on any atom is 0.255 e. The topological polar surface area (TPSA) is 66.5 Å². The Kier molecular flexibility index (Phi) is 7.47. The highest BCUT2D eigenvalue weighted by atomic mass is 35.5. The summed E-state index contributed by atoms with van der Waals surface area (Å²) in [5.41, 5.74) is 2.72. The summed E-state index contributed by atoms with van der Waals surface area (Å²) in [4.78, 5) is 18.9. The van der Waals surface area contributed by atoms with Crippen LogP contribution in [0, 0.1) is 0 Å². The molecule has 172 valence electrons. The van der Waals surface area contributed by atoms with Crippen molar-refractivity contribution in [1.29, 1.82) is 0 Å². The van der Waals surface area contributed by atoms with Crippen molar-refractivity contribution in [2.45, 2.75) is 25.0 Å². The number of hydrogen-bond acceptors (Lipinski definition) is 5. The summed E-state index contributed by atoms with van der Waals surface area (Å²) < 4.78 is 6.33. The van der Waals surface area contributed by atoms with Crippen LogP contribution >= 0.6 is 11.6 Å². The molecular weight excluding hydrogens is 436 g/mol. The molecule has 2 atom stereocenters. The molecule has 3 aromatic rings. The smallest absolute Gasteiger partial charge is 0.255 e. The minimum absolute atomic E-state index is 0.0297. The van der Waals surface area contributed by atoms with Crippen molar-refractivity contribution in [1.82, 2.24) is 15.6 Å². The van der Waals surface area contributed by atoms with Crippen LogP contribution in [0.25, 0.3) is 0 Å². The van der Waals surface area contributed by atoms with Crippen LogP contribution in [-0.4, -0.2) is 44.1 Å². The monoisotopic (exact) mass is 464 g/mol. The Morgan fingerprint density at radius 2 is 2.03 bits per heavy atom. The highest BCUT2D eigenvalue weighted by Gasteiger charge is 2.27. The molecule has 2 N–H and O–H groups in total. The molecule has 33 heavy (non-hydrogen) atoms. The van der Waals surface area contributed by atoms with E-state index in [-0.39, 0.29) is 18.1 Å². The number of likely N-dealkylation sites (N-methyl/N-ethyl adjacent to an activating group) is 1. The Balaban J connectivity index is 1.50. The van der Waals surface area contributed by atoms with E-state index in [1.54, 1.807) is 18.3 Å². The van der Waals surface area contributed by atoms with E-state index < -0.39 is 0 Å². The van der Waals surface area contributed by atoms with Crippen molar-refractivity contribution in [3.05, 3.63) is 88.6 Å². The maximum absolute atomic E-state index is 12.4. The zero-order valence-corrected chi connectivity index (χ0v) is 19.7. The number of carbonyl (C=O) groups is 1. The van der Waals surface area contributed by atoms with Crippen molar-refractivity contribution >= 4 is 23.3 Å². The number of amides is 1. The standard InChI is InChI=1S/C26H29ClN4O2/c1-28-14-12-24(18-7-4-3-5-8-18)33-21-11-10-19(23(27)16-21)15-20-17-30-26(32)22-9-6-13-29-25(22)31(20)2/h3-11,13,16,20,24,28H,12,14-15,17H2,1-2H3,(H,30,32). The average molecular weight is 465 g/mol. The Morgan fingerprint density at radius 3 is 2.79 bits per heavy atom. The molecule has 0 spiro atoms. The SMILES string of the molecule is CNCCC(Oc1ccc(CC2CNC(=O)c3cccnc3N2C)c(Cl)c1)c1ccccc1. The maximum atomic E-state index is 12.4. The van der Waals surface area contributed by atoms with Crippen molar-refractivity contribution < 1.29 is 9.53 Å². The number of anilines is 1. The second kappa shape index (κ2) is 10.7. The fourth-order valence-corrected chi connectivity index (χ4v) is 4.35. The third-order valence-electron chi connectivity index (χ3n) is 6.00. The van der Waals surface area contributed by atoms with Crippen LogP contribution in [0.5, 0.6) is 5.75 Å². The van der Waals surface area contributed by atoms with E-state index in [1.165, 1.54) is 0 Å². The van der Waals surface area contributed by atoms with Crippen LogP contribution in [0.2, 0.25) is 5.02 Å². The first-order chi connectivity index (χ1) is 16.1. The fraction of sp³-hybridized carbons (Fsp3) is 0.308. The van der Waals surface area contributed by atoms with Gasteiger partial charge in [-0.15, -0.1) is 0 Å². The lowest BCUT2D eigenvalue weighted by molar-refractivity contribution is 0.0955. The van der Waals surface area contributed by atoms with Gasteiger partial charge in [0.1, 0.15) is 17.7 Å². The molecule has 0 saturated carbocycles. The van der Waals surface area contributed by atoms with Gasteiger partial charge < -0.3 is 20.3 Å². The number of rotatable bonds is 8. The highest BCUT2D eigenvalue weighted by molar-refractivity contribution is 6.31. The van der Waals surface area contributed by atoms with Crippen molar-refractivity contribution in [3.63, 3.8) is 0 Å². The Morgan fingerprint density at radius 1 is 1.21 bits per heavy atom. The molecule has 4 rings (SSSR count). The van der Waals surface area contributed by atoms with Gasteiger partial charge in [0.2, 0.25) is 0 Å². The number of benzene rings is 2. The zero-order chi connectivity index (χ0) is 23.2. The molecule has 1 aliphatic rings. The van der Waals surface area contributed by atoms with Gasteiger partial charge >= 0.3 is 0 Å². The summed E-state index contributed by atoms with van der Waals surface area (Å²) in [5.74, 6) is 1.32. The minimum atomic E-state index is -0.101. The number of halogens is 1. The molecular formula is C26H29ClN4O2. The molecule has 2 heterocycles. The van der Waals surface area contributed by atoms with Gasteiger partial charge in [-0.3, -0.25) is 4.79 Å². The van der Waals surface area contributed by atoms with Crippen molar-refractivity contribution in [2.24, 2.45) is 0 Å². The van der Waals surface area contributed by atoms with Gasteiger partial charge in [-0.05, 0) is 55.4 Å². The first kappa shape index (κ1) is 23.1. The third kappa shape index (κ3) is 5.46. The molecule has 1 aromatic heterocycles. The number of carbonyl (C=O) groups excluding carboxylic acids is 1. The minimum Gasteiger partial charge on any atom is -0.486 e. The van der Waals surface area contributed by atoms with Gasteiger partial charge in [0.15, 0.2) is 0 Å². The summed E-state index contributed by atoms with van der Waals surface area (Å²) in [6, 6.07) is 19.7. The third-order valence-corrected chi connectivity index (χ3v) is 6.35. The molecule has 1 amide bonds. The molecule has 0 saturated heterocycles. The van der Waals surface area contributed by atoms with Crippen LogP contribution in [0.15, 0.2) is 66.9 Å². The van der Waals surface area contributed by atoms with E-state index >= 15 is 0 Å². The first-order valence-electron chi connectivity index (χ1n) is 11.2. The van der Waals surface area contributed by atoms with Gasteiger partial charge in [0, 0.05) is 31.2 Å². The second-order valence-corrected chi connectivity index (χ2v) is 8.62. The van der Waals surface area contributed by atoms with E-state index in [4.69, 9.17) is 16.3 Å². The number of aromatic nitrogens is 1. The number of ether oxygens (including phenoxy) is 1. The van der Waals surface area contributed by atoms with Gasteiger partial charge in [-0.2, -0.15) is 0 Å². The van der Waals surface area contributed by atoms with E-state index in [2.05, 4.69) is 32.7 Å². The van der Waals surface area contributed by atoms with E-state index in [0.717, 1.165) is 29.8 Å². The quantitative estimate of drug-likeness (QED) is 0.521. The summed E-state index contributed by atoms with van der Waals surface area (Å²) in [6.45, 7) is 1.36. The molecule has 2 aromatic carbocycles. The molecule has 7 heteroatoms. The van der Waals surface area contributed by atoms with Crippen LogP contribution < -0.4 is 20.3 Å². The lowest BCUT2D eigenvalue weighted by Gasteiger charge is -2.28. The number of fused-ring (bicyclic) bond motifs is 1. The van der Waals surface area contributed by atoms with Crippen molar-refractivity contribution in [2.75, 3.05) is 32.1 Å². The summed E-state index contributed by atoms with van der Waals surface area (Å²) in [6.07, 6.45) is 3.17. The van der Waals surface area contributed by atoms with Crippen LogP contribution in [0.1, 0.15) is 34.0 Å². The molecule has 0 radical (unpaired) electrons. The average Bonchev–Trinajstić information content (AvgIpc) is 2.96. The number of nitrogens with one attached hydrogen (secondary N) is 2. The number of hydrogen-bond donors (Lipinski definition) is 2. The Hall–Kier alpha value is -3.09. The largest absolute Gasteiger partial charge is 0.486 e. The van der Waals surface area contributed by atoms with Gasteiger partial charge in [-0.1, -0.05) is 48.0 Å². The zero-order valence-electron chi connectivity index (χ0n) is 18.9. The summed E-state index contributed by atoms with van der Waals surface area (Å²) >= 11 is 6.69. The summed E-state index contributed by atoms with van der Waals surface area (Å²) in [5, 5.41) is 6.85. The lowest BCUT2D eigenvalue weighted by Crippen LogP contribution is -2.40. The molecule has 0 aliphatic carbocycles. The van der Waals surface area contributed by atoms with Gasteiger partial charge in [-0.25, -0.2) is 4.98 Å². The highest BCUT2D eigenvalue weighted by Crippen LogP contribution is 2.30. The predicted octanol–water partition coefficient (Wildman–Crippen LogP) is 4.26. The van der Waals surface area contributed by atoms with Gasteiger partial charge in [0.05, 0.1) is 11.6 Å². The molecule has 2 unspecified atom stereocenters. The molecule has 6 nitrogen and oxygen atoms in total. The second-order valence-electron chi connectivity index (χ2n) is 8.22. The predicted molar refractivity (Wildman–Crippen MR) is 132 cm³/mol. The van der Waals surface area contributed by atoms with E-state index in [9.17, 15) is 4.79 Å². The van der Waals surface area contributed by atoms with Crippen molar-refractivity contribution in [3.8, 4) is 5.75 Å². The molecule has 1 aliphatic heterocycles. The Bertz CT molecular complexity index is 1090. The molecule has 0 bridgehead atoms. The van der Waals surface area contributed by atoms with Crippen LogP contribution in [0.3, 0.4) is 0 Å². The summed E-state index contributed by atoms with van der Waals surface area (Å²) in [7, 11) is 3.91. The van der Waals surface area contributed by atoms with Crippen LogP contribution in [-0.2, 0) is 6.42 Å². The van der Waals surface area contributed by atoms with Crippen LogP contribution in [0.4, 0.5) is 5.82 Å².